The molecule has 0 aliphatic rings. The second-order valence-electron chi connectivity index (χ2n) is 3.54. The maximum atomic E-state index is 12.8. The summed E-state index contributed by atoms with van der Waals surface area (Å²) in [7, 11) is 0. The van der Waals surface area contributed by atoms with Gasteiger partial charge in [-0.15, -0.1) is 0 Å². The Morgan fingerprint density at radius 2 is 2.00 bits per heavy atom. The van der Waals surface area contributed by atoms with Crippen molar-refractivity contribution in [1.29, 1.82) is 0 Å². The van der Waals surface area contributed by atoms with Crippen LogP contribution in [0.5, 0.6) is 0 Å². The van der Waals surface area contributed by atoms with Gasteiger partial charge in [0, 0.05) is 17.8 Å². The smallest absolute Gasteiger partial charge is 0.406 e. The molecule has 0 saturated heterocycles. The summed E-state index contributed by atoms with van der Waals surface area (Å²) >= 11 is 0. The van der Waals surface area contributed by atoms with E-state index in [2.05, 4.69) is 4.98 Å². The lowest BCUT2D eigenvalue weighted by atomic mass is 10.2. The van der Waals surface area contributed by atoms with E-state index >= 15 is 0 Å². The third-order valence-electron chi connectivity index (χ3n) is 1.96. The van der Waals surface area contributed by atoms with Gasteiger partial charge in [-0.1, -0.05) is 0 Å². The van der Waals surface area contributed by atoms with Crippen LogP contribution in [0, 0.1) is 5.95 Å². The summed E-state index contributed by atoms with van der Waals surface area (Å²) in [5.41, 5.74) is -0.405. The number of amides is 1. The molecule has 9 heteroatoms. The number of carbonyl (C=O) groups is 2. The van der Waals surface area contributed by atoms with Crippen molar-refractivity contribution in [3.05, 3.63) is 29.8 Å². The number of carbonyl (C=O) groups excluding carboxylic acids is 1. The Morgan fingerprint density at radius 3 is 2.47 bits per heavy atom. The molecule has 1 aromatic heterocycles. The molecular weight excluding hydrogens is 272 g/mol. The van der Waals surface area contributed by atoms with E-state index in [1.165, 1.54) is 0 Å². The van der Waals surface area contributed by atoms with Gasteiger partial charge in [0.15, 0.2) is 0 Å². The van der Waals surface area contributed by atoms with E-state index in [-0.39, 0.29) is 4.90 Å². The second-order valence-corrected chi connectivity index (χ2v) is 3.54. The van der Waals surface area contributed by atoms with Gasteiger partial charge in [0.2, 0.25) is 5.95 Å². The van der Waals surface area contributed by atoms with Crippen molar-refractivity contribution in [2.45, 2.75) is 6.18 Å². The molecule has 0 aliphatic carbocycles. The Labute approximate surface area is 104 Å². The van der Waals surface area contributed by atoms with E-state index in [9.17, 15) is 27.2 Å². The highest BCUT2D eigenvalue weighted by Crippen LogP contribution is 2.18. The molecule has 0 radical (unpaired) electrons. The molecule has 0 atom stereocenters. The van der Waals surface area contributed by atoms with Gasteiger partial charge >= 0.3 is 12.1 Å². The zero-order valence-electron chi connectivity index (χ0n) is 9.32. The number of hydrogen-bond acceptors (Lipinski definition) is 3. The Bertz CT molecular complexity index is 490. The van der Waals surface area contributed by atoms with Crippen molar-refractivity contribution in [2.24, 2.45) is 0 Å². The van der Waals surface area contributed by atoms with Gasteiger partial charge in [0.25, 0.3) is 5.91 Å². The molecule has 0 aliphatic heterocycles. The summed E-state index contributed by atoms with van der Waals surface area (Å²) in [5.74, 6) is -3.89. The van der Waals surface area contributed by atoms with Crippen LogP contribution in [0.4, 0.5) is 17.6 Å². The van der Waals surface area contributed by atoms with Gasteiger partial charge in [-0.25, -0.2) is 4.98 Å². The molecule has 0 aromatic carbocycles. The van der Waals surface area contributed by atoms with Crippen LogP contribution in [0.15, 0.2) is 18.3 Å². The lowest BCUT2D eigenvalue weighted by molar-refractivity contribution is -0.149. The van der Waals surface area contributed by atoms with Crippen LogP contribution in [-0.4, -0.2) is 46.1 Å². The van der Waals surface area contributed by atoms with E-state index in [4.69, 9.17) is 5.11 Å². The second kappa shape index (κ2) is 5.63. The third kappa shape index (κ3) is 4.90. The first-order valence-corrected chi connectivity index (χ1v) is 4.88. The van der Waals surface area contributed by atoms with E-state index in [1.807, 2.05) is 0 Å². The predicted octanol–water partition coefficient (Wildman–Crippen LogP) is 1.31. The summed E-state index contributed by atoms with van der Waals surface area (Å²) in [6.07, 6.45) is -3.86. The lowest BCUT2D eigenvalue weighted by Crippen LogP contribution is -2.42. The number of aliphatic carboxylic acids is 1. The van der Waals surface area contributed by atoms with Crippen molar-refractivity contribution in [3.63, 3.8) is 0 Å². The summed E-state index contributed by atoms with van der Waals surface area (Å²) in [6.45, 7) is -2.87. The van der Waals surface area contributed by atoms with Gasteiger partial charge in [0.1, 0.15) is 13.1 Å². The quantitative estimate of drug-likeness (QED) is 0.667. The van der Waals surface area contributed by atoms with E-state index < -0.39 is 42.7 Å². The highest BCUT2D eigenvalue weighted by molar-refractivity contribution is 5.95. The zero-order valence-corrected chi connectivity index (χ0v) is 9.32. The first-order valence-electron chi connectivity index (χ1n) is 4.88. The van der Waals surface area contributed by atoms with Crippen molar-refractivity contribution >= 4 is 11.9 Å². The Kier molecular flexibility index (Phi) is 4.41. The Balaban J connectivity index is 2.97. The fraction of sp³-hybridized carbons (Fsp3) is 0.300. The van der Waals surface area contributed by atoms with Gasteiger partial charge in [-0.3, -0.25) is 9.59 Å². The molecular formula is C10H8F4N2O3. The first-order chi connectivity index (χ1) is 8.69. The minimum absolute atomic E-state index is 0.0666. The zero-order chi connectivity index (χ0) is 14.6. The molecule has 5 nitrogen and oxygen atoms in total. The first kappa shape index (κ1) is 14.9. The highest BCUT2D eigenvalue weighted by Gasteiger charge is 2.34. The van der Waals surface area contributed by atoms with Gasteiger partial charge in [-0.05, 0) is 6.07 Å². The number of rotatable bonds is 4. The molecule has 0 spiro atoms. The summed E-state index contributed by atoms with van der Waals surface area (Å²) in [4.78, 5) is 25.3. The minimum Gasteiger partial charge on any atom is -0.480 e. The number of carboxylic acids is 1. The van der Waals surface area contributed by atoms with Crippen molar-refractivity contribution < 1.29 is 32.3 Å². The number of hydrogen-bond donors (Lipinski definition) is 1. The Morgan fingerprint density at radius 1 is 1.37 bits per heavy atom. The molecule has 1 amide bonds. The van der Waals surface area contributed by atoms with Crippen LogP contribution >= 0.6 is 0 Å². The fourth-order valence-electron chi connectivity index (χ4n) is 1.30. The van der Waals surface area contributed by atoms with Crippen molar-refractivity contribution in [3.8, 4) is 0 Å². The molecule has 1 aromatic rings. The van der Waals surface area contributed by atoms with Crippen LogP contribution in [0.25, 0.3) is 0 Å². The predicted molar refractivity (Wildman–Crippen MR) is 53.8 cm³/mol. The van der Waals surface area contributed by atoms with Crippen LogP contribution < -0.4 is 0 Å². The number of halogens is 4. The third-order valence-corrected chi connectivity index (χ3v) is 1.96. The normalized spacial score (nSPS) is 11.2. The minimum atomic E-state index is -4.75. The monoisotopic (exact) mass is 280 g/mol. The molecule has 0 saturated carbocycles. The largest absolute Gasteiger partial charge is 0.480 e. The number of nitrogens with zero attached hydrogens (tertiary/aromatic N) is 2. The SMILES string of the molecule is O=C(O)CN(CC(F)(F)F)C(=O)c1ccnc(F)c1. The van der Waals surface area contributed by atoms with Crippen LogP contribution in [0.3, 0.4) is 0 Å². The molecule has 0 unspecified atom stereocenters. The Hall–Kier alpha value is -2.19. The van der Waals surface area contributed by atoms with Gasteiger partial charge in [-0.2, -0.15) is 17.6 Å². The maximum Gasteiger partial charge on any atom is 0.406 e. The molecule has 19 heavy (non-hydrogen) atoms. The molecule has 104 valence electrons. The number of alkyl halides is 3. The van der Waals surface area contributed by atoms with Crippen molar-refractivity contribution in [2.75, 3.05) is 13.1 Å². The van der Waals surface area contributed by atoms with Gasteiger partial charge < -0.3 is 10.0 Å². The standard InChI is InChI=1S/C10H8F4N2O3/c11-7-3-6(1-2-15-7)9(19)16(4-8(17)18)5-10(12,13)14/h1-3H,4-5H2,(H,17,18). The van der Waals surface area contributed by atoms with E-state index in [0.29, 0.717) is 6.07 Å². The van der Waals surface area contributed by atoms with Crippen LogP contribution in [-0.2, 0) is 4.79 Å². The molecule has 1 rings (SSSR count). The van der Waals surface area contributed by atoms with Crippen LogP contribution in [0.2, 0.25) is 0 Å². The maximum absolute atomic E-state index is 12.8. The van der Waals surface area contributed by atoms with Crippen molar-refractivity contribution in [1.82, 2.24) is 9.88 Å². The van der Waals surface area contributed by atoms with E-state index in [0.717, 1.165) is 12.3 Å². The summed E-state index contributed by atoms with van der Waals surface area (Å²) in [5, 5.41) is 8.48. The molecule has 1 N–H and O–H groups in total. The summed E-state index contributed by atoms with van der Waals surface area (Å²) < 4.78 is 49.5. The average molecular weight is 280 g/mol. The number of carboxylic acid groups (broad SMARTS) is 1. The molecule has 0 bridgehead atoms. The van der Waals surface area contributed by atoms with Gasteiger partial charge in [0.05, 0.1) is 0 Å². The lowest BCUT2D eigenvalue weighted by Gasteiger charge is -2.22. The molecule has 0 fully saturated rings. The average Bonchev–Trinajstić information content (AvgIpc) is 2.24. The number of pyridine rings is 1. The topological polar surface area (TPSA) is 70.5 Å². The fourth-order valence-corrected chi connectivity index (χ4v) is 1.30. The highest BCUT2D eigenvalue weighted by atomic mass is 19.4. The number of aromatic nitrogens is 1. The van der Waals surface area contributed by atoms with Crippen LogP contribution in [0.1, 0.15) is 10.4 Å². The molecule has 1 heterocycles. The van der Waals surface area contributed by atoms with E-state index in [1.54, 1.807) is 0 Å². The summed E-state index contributed by atoms with van der Waals surface area (Å²) in [6, 6.07) is 1.63.